The highest BCUT2D eigenvalue weighted by atomic mass is 35.5. The fraction of sp³-hybridized carbons (Fsp3) is 0.0526. The van der Waals surface area contributed by atoms with Crippen molar-refractivity contribution in [3.8, 4) is 0 Å². The Morgan fingerprint density at radius 1 is 0.923 bits per heavy atom. The van der Waals surface area contributed by atoms with Gasteiger partial charge in [0.15, 0.2) is 0 Å². The molecule has 132 valence electrons. The highest BCUT2D eigenvalue weighted by molar-refractivity contribution is 7.12. The van der Waals surface area contributed by atoms with Crippen LogP contribution in [0.15, 0.2) is 60.0 Å². The maximum absolute atomic E-state index is 12.2. The van der Waals surface area contributed by atoms with Gasteiger partial charge in [-0.1, -0.05) is 35.3 Å². The molecule has 0 spiro atoms. The summed E-state index contributed by atoms with van der Waals surface area (Å²) in [6.07, 6.45) is 0.146. The lowest BCUT2D eigenvalue weighted by molar-refractivity contribution is -0.115. The van der Waals surface area contributed by atoms with Gasteiger partial charge in [0.2, 0.25) is 5.91 Å². The molecule has 3 rings (SSSR count). The fourth-order valence-electron chi connectivity index (χ4n) is 2.28. The molecule has 0 aliphatic carbocycles. The van der Waals surface area contributed by atoms with Crippen molar-refractivity contribution in [1.29, 1.82) is 0 Å². The van der Waals surface area contributed by atoms with E-state index in [2.05, 4.69) is 10.6 Å². The average Bonchev–Trinajstić information content (AvgIpc) is 3.14. The Labute approximate surface area is 164 Å². The molecule has 0 aliphatic heterocycles. The summed E-state index contributed by atoms with van der Waals surface area (Å²) in [6.45, 7) is 0. The third-order valence-corrected chi connectivity index (χ3v) is 4.99. The number of nitrogens with one attached hydrogen (secondary N) is 2. The van der Waals surface area contributed by atoms with Crippen molar-refractivity contribution in [1.82, 2.24) is 0 Å². The van der Waals surface area contributed by atoms with Gasteiger partial charge < -0.3 is 10.6 Å². The number of carbonyl (C=O) groups is 2. The van der Waals surface area contributed by atoms with Crippen LogP contribution >= 0.6 is 34.5 Å². The number of hydrogen-bond acceptors (Lipinski definition) is 3. The summed E-state index contributed by atoms with van der Waals surface area (Å²) in [4.78, 5) is 24.8. The molecule has 0 fully saturated rings. The van der Waals surface area contributed by atoms with Crippen molar-refractivity contribution in [2.75, 3.05) is 10.6 Å². The summed E-state index contributed by atoms with van der Waals surface area (Å²) in [6, 6.07) is 15.5. The van der Waals surface area contributed by atoms with Gasteiger partial charge in [-0.3, -0.25) is 9.59 Å². The predicted molar refractivity (Wildman–Crippen MR) is 108 cm³/mol. The predicted octanol–water partition coefficient (Wildman–Crippen LogP) is 5.49. The van der Waals surface area contributed by atoms with E-state index in [0.29, 0.717) is 31.9 Å². The molecule has 0 aliphatic rings. The van der Waals surface area contributed by atoms with E-state index in [0.717, 1.165) is 0 Å². The standard InChI is InChI=1S/C19H14Cl2N2O2S/c20-13-4-3-12(16(21)11-13)10-18(24)22-14-5-7-15(8-6-14)23-19(25)17-2-1-9-26-17/h1-9,11H,10H2,(H,22,24)(H,23,25). The quantitative estimate of drug-likeness (QED) is 0.590. The third-order valence-electron chi connectivity index (χ3n) is 3.54. The second kappa shape index (κ2) is 8.36. The monoisotopic (exact) mass is 404 g/mol. The molecular formula is C19H14Cl2N2O2S. The van der Waals surface area contributed by atoms with E-state index in [-0.39, 0.29) is 18.2 Å². The van der Waals surface area contributed by atoms with Crippen LogP contribution in [0.3, 0.4) is 0 Å². The van der Waals surface area contributed by atoms with E-state index in [4.69, 9.17) is 23.2 Å². The average molecular weight is 405 g/mol. The van der Waals surface area contributed by atoms with Crippen LogP contribution in [-0.4, -0.2) is 11.8 Å². The van der Waals surface area contributed by atoms with Gasteiger partial charge in [0.25, 0.3) is 5.91 Å². The van der Waals surface area contributed by atoms with Gasteiger partial charge in [-0.05, 0) is 53.4 Å². The van der Waals surface area contributed by atoms with E-state index < -0.39 is 0 Å². The number of halogens is 2. The first-order valence-corrected chi connectivity index (χ1v) is 9.33. The van der Waals surface area contributed by atoms with Crippen molar-refractivity contribution >= 4 is 57.7 Å². The Balaban J connectivity index is 1.58. The van der Waals surface area contributed by atoms with Crippen molar-refractivity contribution in [3.63, 3.8) is 0 Å². The van der Waals surface area contributed by atoms with Crippen molar-refractivity contribution in [3.05, 3.63) is 80.5 Å². The molecule has 1 aromatic heterocycles. The Morgan fingerprint density at radius 2 is 1.62 bits per heavy atom. The molecule has 3 aromatic rings. The molecule has 0 radical (unpaired) electrons. The van der Waals surface area contributed by atoms with Crippen LogP contribution in [0.25, 0.3) is 0 Å². The Morgan fingerprint density at radius 3 is 2.23 bits per heavy atom. The van der Waals surface area contributed by atoms with Crippen LogP contribution in [0.2, 0.25) is 10.0 Å². The van der Waals surface area contributed by atoms with Crippen LogP contribution in [0, 0.1) is 0 Å². The van der Waals surface area contributed by atoms with Gasteiger partial charge in [0, 0.05) is 21.4 Å². The van der Waals surface area contributed by atoms with Crippen LogP contribution in [0.4, 0.5) is 11.4 Å². The van der Waals surface area contributed by atoms with Gasteiger partial charge in [0.05, 0.1) is 11.3 Å². The minimum absolute atomic E-state index is 0.146. The van der Waals surface area contributed by atoms with Gasteiger partial charge >= 0.3 is 0 Å². The van der Waals surface area contributed by atoms with Crippen molar-refractivity contribution in [2.45, 2.75) is 6.42 Å². The van der Waals surface area contributed by atoms with Gasteiger partial charge in [-0.2, -0.15) is 0 Å². The molecule has 0 saturated heterocycles. The van der Waals surface area contributed by atoms with Gasteiger partial charge in [-0.25, -0.2) is 0 Å². The minimum Gasteiger partial charge on any atom is -0.326 e. The van der Waals surface area contributed by atoms with Gasteiger partial charge in [0.1, 0.15) is 0 Å². The highest BCUT2D eigenvalue weighted by Crippen LogP contribution is 2.22. The maximum Gasteiger partial charge on any atom is 0.265 e. The molecule has 0 saturated carbocycles. The van der Waals surface area contributed by atoms with E-state index >= 15 is 0 Å². The first-order valence-electron chi connectivity index (χ1n) is 7.70. The van der Waals surface area contributed by atoms with Crippen LogP contribution in [0.5, 0.6) is 0 Å². The molecule has 1 heterocycles. The lowest BCUT2D eigenvalue weighted by Crippen LogP contribution is -2.15. The summed E-state index contributed by atoms with van der Waals surface area (Å²) < 4.78 is 0. The number of carbonyl (C=O) groups excluding carboxylic acids is 2. The van der Waals surface area contributed by atoms with E-state index in [1.165, 1.54) is 11.3 Å². The molecule has 0 bridgehead atoms. The molecule has 26 heavy (non-hydrogen) atoms. The summed E-state index contributed by atoms with van der Waals surface area (Å²) in [7, 11) is 0. The first-order chi connectivity index (χ1) is 12.5. The Kier molecular flexibility index (Phi) is 5.93. The third kappa shape index (κ3) is 4.85. The molecule has 0 unspecified atom stereocenters. The van der Waals surface area contributed by atoms with Crippen LogP contribution in [-0.2, 0) is 11.2 Å². The summed E-state index contributed by atoms with van der Waals surface area (Å²) in [5, 5.41) is 8.44. The summed E-state index contributed by atoms with van der Waals surface area (Å²) >= 11 is 13.3. The van der Waals surface area contributed by atoms with E-state index in [1.54, 1.807) is 48.5 Å². The molecular weight excluding hydrogens is 391 g/mol. The van der Waals surface area contributed by atoms with E-state index in [9.17, 15) is 9.59 Å². The smallest absolute Gasteiger partial charge is 0.265 e. The van der Waals surface area contributed by atoms with Crippen molar-refractivity contribution in [2.24, 2.45) is 0 Å². The number of rotatable bonds is 5. The van der Waals surface area contributed by atoms with Crippen molar-refractivity contribution < 1.29 is 9.59 Å². The summed E-state index contributed by atoms with van der Waals surface area (Å²) in [5.74, 6) is -0.348. The second-order valence-electron chi connectivity index (χ2n) is 5.47. The molecule has 2 N–H and O–H groups in total. The lowest BCUT2D eigenvalue weighted by Gasteiger charge is -2.08. The normalized spacial score (nSPS) is 10.4. The zero-order valence-corrected chi connectivity index (χ0v) is 15.8. The SMILES string of the molecule is O=C(Cc1ccc(Cl)cc1Cl)Nc1ccc(NC(=O)c2cccs2)cc1. The number of anilines is 2. The molecule has 7 heteroatoms. The zero-order chi connectivity index (χ0) is 18.5. The highest BCUT2D eigenvalue weighted by Gasteiger charge is 2.09. The molecule has 2 amide bonds. The largest absolute Gasteiger partial charge is 0.326 e. The number of thiophene rings is 1. The maximum atomic E-state index is 12.2. The molecule has 4 nitrogen and oxygen atoms in total. The Hall–Kier alpha value is -2.34. The fourth-order valence-corrected chi connectivity index (χ4v) is 3.37. The minimum atomic E-state index is -0.190. The Bertz CT molecular complexity index is 925. The lowest BCUT2D eigenvalue weighted by atomic mass is 10.1. The van der Waals surface area contributed by atoms with E-state index in [1.807, 2.05) is 11.4 Å². The van der Waals surface area contributed by atoms with Gasteiger partial charge in [-0.15, -0.1) is 11.3 Å². The topological polar surface area (TPSA) is 58.2 Å². The van der Waals surface area contributed by atoms with Crippen LogP contribution < -0.4 is 10.6 Å². The second-order valence-corrected chi connectivity index (χ2v) is 7.26. The molecule has 0 atom stereocenters. The van der Waals surface area contributed by atoms with Crippen LogP contribution in [0.1, 0.15) is 15.2 Å². The summed E-state index contributed by atoms with van der Waals surface area (Å²) in [5.41, 5.74) is 1.99. The zero-order valence-electron chi connectivity index (χ0n) is 13.5. The number of benzene rings is 2. The molecule has 2 aromatic carbocycles. The number of amides is 2. The first kappa shape index (κ1) is 18.5. The number of hydrogen-bond donors (Lipinski definition) is 2.